The SMILES string of the molecule is COC(=O)C1CC(O)CN1CC(=O)NC(C(C)=O)C(C)C. The fraction of sp³-hybridized carbons (Fsp3) is 0.786. The highest BCUT2D eigenvalue weighted by molar-refractivity contribution is 5.88. The van der Waals surface area contributed by atoms with E-state index in [4.69, 9.17) is 0 Å². The zero-order chi connectivity index (χ0) is 16.2. The second-order valence-electron chi connectivity index (χ2n) is 5.76. The Morgan fingerprint density at radius 2 is 2.00 bits per heavy atom. The number of hydrogen-bond donors (Lipinski definition) is 2. The minimum Gasteiger partial charge on any atom is -0.468 e. The average Bonchev–Trinajstić information content (AvgIpc) is 2.75. The van der Waals surface area contributed by atoms with E-state index in [-0.39, 0.29) is 37.1 Å². The fourth-order valence-corrected chi connectivity index (χ4v) is 2.58. The number of carbonyl (C=O) groups excluding carboxylic acids is 3. The Labute approximate surface area is 124 Å². The third-order valence-corrected chi connectivity index (χ3v) is 3.62. The number of ketones is 1. The minimum atomic E-state index is -0.657. The maximum atomic E-state index is 12.0. The lowest BCUT2D eigenvalue weighted by atomic mass is 10.0. The number of rotatable bonds is 6. The number of nitrogens with one attached hydrogen (secondary N) is 1. The molecular formula is C14H24N2O5. The van der Waals surface area contributed by atoms with Gasteiger partial charge in [-0.1, -0.05) is 13.8 Å². The van der Waals surface area contributed by atoms with Crippen LogP contribution in [0.15, 0.2) is 0 Å². The summed E-state index contributed by atoms with van der Waals surface area (Å²) in [6.07, 6.45) is -0.407. The second kappa shape index (κ2) is 7.51. The highest BCUT2D eigenvalue weighted by Crippen LogP contribution is 2.18. The fourth-order valence-electron chi connectivity index (χ4n) is 2.58. The van der Waals surface area contributed by atoms with Crippen LogP contribution in [0.1, 0.15) is 27.2 Å². The highest BCUT2D eigenvalue weighted by atomic mass is 16.5. The molecular weight excluding hydrogens is 276 g/mol. The zero-order valence-corrected chi connectivity index (χ0v) is 13.0. The molecule has 1 fully saturated rings. The van der Waals surface area contributed by atoms with E-state index in [0.29, 0.717) is 0 Å². The van der Waals surface area contributed by atoms with Crippen molar-refractivity contribution < 1.29 is 24.2 Å². The van der Waals surface area contributed by atoms with Gasteiger partial charge >= 0.3 is 5.97 Å². The number of carbonyl (C=O) groups is 3. The van der Waals surface area contributed by atoms with Crippen LogP contribution in [0.25, 0.3) is 0 Å². The van der Waals surface area contributed by atoms with Crippen LogP contribution in [0.5, 0.6) is 0 Å². The Hall–Kier alpha value is -1.47. The molecule has 0 saturated carbocycles. The molecule has 0 spiro atoms. The first-order chi connectivity index (χ1) is 9.76. The van der Waals surface area contributed by atoms with Crippen LogP contribution in [0.3, 0.4) is 0 Å². The summed E-state index contributed by atoms with van der Waals surface area (Å²) in [6, 6.07) is -1.16. The van der Waals surface area contributed by atoms with Crippen LogP contribution in [0.2, 0.25) is 0 Å². The van der Waals surface area contributed by atoms with E-state index in [0.717, 1.165) is 0 Å². The first kappa shape index (κ1) is 17.6. The first-order valence-corrected chi connectivity index (χ1v) is 7.06. The van der Waals surface area contributed by atoms with Gasteiger partial charge in [-0.2, -0.15) is 0 Å². The Morgan fingerprint density at radius 3 is 2.48 bits per heavy atom. The summed E-state index contributed by atoms with van der Waals surface area (Å²) in [5.74, 6) is -0.922. The number of esters is 1. The first-order valence-electron chi connectivity index (χ1n) is 7.06. The van der Waals surface area contributed by atoms with Crippen molar-refractivity contribution in [1.82, 2.24) is 10.2 Å². The predicted octanol–water partition coefficient (Wildman–Crippen LogP) is -0.676. The maximum Gasteiger partial charge on any atom is 0.323 e. The van der Waals surface area contributed by atoms with E-state index in [9.17, 15) is 19.5 Å². The van der Waals surface area contributed by atoms with Gasteiger partial charge in [-0.15, -0.1) is 0 Å². The molecule has 21 heavy (non-hydrogen) atoms. The molecule has 7 nitrogen and oxygen atoms in total. The Balaban J connectivity index is 2.64. The Kier molecular flexibility index (Phi) is 6.29. The van der Waals surface area contributed by atoms with Gasteiger partial charge < -0.3 is 15.2 Å². The lowest BCUT2D eigenvalue weighted by molar-refractivity contribution is -0.146. The monoisotopic (exact) mass is 300 g/mol. The number of hydrogen-bond acceptors (Lipinski definition) is 6. The molecule has 0 radical (unpaired) electrons. The number of nitrogens with zero attached hydrogens (tertiary/aromatic N) is 1. The molecule has 1 saturated heterocycles. The van der Waals surface area contributed by atoms with Crippen molar-refractivity contribution in [1.29, 1.82) is 0 Å². The summed E-state index contributed by atoms with van der Waals surface area (Å²) in [5, 5.41) is 12.3. The van der Waals surface area contributed by atoms with E-state index in [1.807, 2.05) is 13.8 Å². The van der Waals surface area contributed by atoms with E-state index in [1.54, 1.807) is 4.90 Å². The number of aliphatic hydroxyl groups is 1. The van der Waals surface area contributed by atoms with Gasteiger partial charge in [0.25, 0.3) is 0 Å². The summed E-state index contributed by atoms with van der Waals surface area (Å²) >= 11 is 0. The van der Waals surface area contributed by atoms with Crippen molar-refractivity contribution in [2.24, 2.45) is 5.92 Å². The van der Waals surface area contributed by atoms with Gasteiger partial charge in [-0.05, 0) is 12.8 Å². The van der Waals surface area contributed by atoms with Crippen LogP contribution in [0.4, 0.5) is 0 Å². The lowest BCUT2D eigenvalue weighted by Gasteiger charge is -2.24. The number of aliphatic hydroxyl groups excluding tert-OH is 1. The van der Waals surface area contributed by atoms with Gasteiger partial charge in [0.1, 0.15) is 6.04 Å². The molecule has 3 atom stereocenters. The van der Waals surface area contributed by atoms with Crippen molar-refractivity contribution in [3.63, 3.8) is 0 Å². The van der Waals surface area contributed by atoms with Crippen molar-refractivity contribution in [2.75, 3.05) is 20.2 Å². The third-order valence-electron chi connectivity index (χ3n) is 3.62. The number of ether oxygens (including phenoxy) is 1. The molecule has 0 aliphatic carbocycles. The van der Waals surface area contributed by atoms with Gasteiger partial charge in [-0.3, -0.25) is 19.3 Å². The van der Waals surface area contributed by atoms with Crippen LogP contribution < -0.4 is 5.32 Å². The standard InChI is InChI=1S/C14H24N2O5/c1-8(2)13(9(3)17)15-12(19)7-16-6-10(18)5-11(16)14(20)21-4/h8,10-11,13,18H,5-7H2,1-4H3,(H,15,19). The van der Waals surface area contributed by atoms with Crippen LogP contribution in [0, 0.1) is 5.92 Å². The predicted molar refractivity (Wildman–Crippen MR) is 75.5 cm³/mol. The van der Waals surface area contributed by atoms with Gasteiger partial charge in [0.2, 0.25) is 5.91 Å². The molecule has 1 amide bonds. The normalized spacial score (nSPS) is 23.9. The molecule has 0 aromatic carbocycles. The second-order valence-corrected chi connectivity index (χ2v) is 5.76. The Morgan fingerprint density at radius 1 is 1.38 bits per heavy atom. The van der Waals surface area contributed by atoms with Gasteiger partial charge in [0.15, 0.2) is 5.78 Å². The lowest BCUT2D eigenvalue weighted by Crippen LogP contribution is -2.49. The van der Waals surface area contributed by atoms with Crippen molar-refractivity contribution in [3.05, 3.63) is 0 Å². The summed E-state index contributed by atoms with van der Waals surface area (Å²) in [7, 11) is 1.27. The van der Waals surface area contributed by atoms with Gasteiger partial charge in [0.05, 0.1) is 25.8 Å². The van der Waals surface area contributed by atoms with E-state index < -0.39 is 24.2 Å². The molecule has 120 valence electrons. The minimum absolute atomic E-state index is 0.00739. The molecule has 0 aromatic rings. The molecule has 2 N–H and O–H groups in total. The molecule has 3 unspecified atom stereocenters. The largest absolute Gasteiger partial charge is 0.468 e. The molecule has 1 aliphatic rings. The molecule has 1 rings (SSSR count). The van der Waals surface area contributed by atoms with Gasteiger partial charge in [-0.25, -0.2) is 0 Å². The topological polar surface area (TPSA) is 95.9 Å². The molecule has 1 heterocycles. The van der Waals surface area contributed by atoms with E-state index in [1.165, 1.54) is 14.0 Å². The van der Waals surface area contributed by atoms with Crippen LogP contribution >= 0.6 is 0 Å². The van der Waals surface area contributed by atoms with Gasteiger partial charge in [0, 0.05) is 13.0 Å². The smallest absolute Gasteiger partial charge is 0.323 e. The highest BCUT2D eigenvalue weighted by Gasteiger charge is 2.38. The molecule has 0 aromatic heterocycles. The summed E-state index contributed by atoms with van der Waals surface area (Å²) in [6.45, 7) is 5.32. The van der Waals surface area contributed by atoms with E-state index in [2.05, 4.69) is 10.1 Å². The maximum absolute atomic E-state index is 12.0. The van der Waals surface area contributed by atoms with Crippen LogP contribution in [-0.4, -0.2) is 66.1 Å². The number of amides is 1. The molecule has 1 aliphatic heterocycles. The summed E-state index contributed by atoms with van der Waals surface area (Å²) in [5.41, 5.74) is 0. The average molecular weight is 300 g/mol. The molecule has 7 heteroatoms. The number of likely N-dealkylation sites (tertiary alicyclic amines) is 1. The quantitative estimate of drug-likeness (QED) is 0.631. The molecule has 0 bridgehead atoms. The van der Waals surface area contributed by atoms with Crippen molar-refractivity contribution in [2.45, 2.75) is 45.4 Å². The third kappa shape index (κ3) is 4.78. The number of methoxy groups -OCH3 is 1. The van der Waals surface area contributed by atoms with Crippen molar-refractivity contribution >= 4 is 17.7 Å². The number of Topliss-reactive ketones (excluding diaryl/α,β-unsaturated/α-hetero) is 1. The van der Waals surface area contributed by atoms with Crippen LogP contribution in [-0.2, 0) is 19.1 Å². The van der Waals surface area contributed by atoms with E-state index >= 15 is 0 Å². The Bertz CT molecular complexity index is 410. The summed E-state index contributed by atoms with van der Waals surface area (Å²) in [4.78, 5) is 36.7. The summed E-state index contributed by atoms with van der Waals surface area (Å²) < 4.78 is 4.67. The zero-order valence-electron chi connectivity index (χ0n) is 13.0. The van der Waals surface area contributed by atoms with Crippen molar-refractivity contribution in [3.8, 4) is 0 Å². The number of β-amino-alcohol motifs (C(OH)–C–C–N with tert-alkyl or cyclic N) is 1.